The van der Waals surface area contributed by atoms with Crippen molar-refractivity contribution in [1.29, 1.82) is 0 Å². The zero-order chi connectivity index (χ0) is 12.2. The predicted molar refractivity (Wildman–Crippen MR) is 64.7 cm³/mol. The van der Waals surface area contributed by atoms with E-state index in [1.54, 1.807) is 0 Å². The van der Waals surface area contributed by atoms with Gasteiger partial charge in [0.2, 0.25) is 0 Å². The molecule has 92 valence electrons. The van der Waals surface area contributed by atoms with Crippen LogP contribution in [-0.2, 0) is 0 Å². The molecule has 0 aromatic carbocycles. The number of aryl methyl sites for hydroxylation is 1. The highest BCUT2D eigenvalue weighted by Crippen LogP contribution is 2.58. The molecular formula is C11H14BrN3O2. The van der Waals surface area contributed by atoms with E-state index in [0.717, 1.165) is 23.1 Å². The molecule has 1 aliphatic heterocycles. The molecule has 17 heavy (non-hydrogen) atoms. The number of carboxylic acid groups (broad SMARTS) is 1. The van der Waals surface area contributed by atoms with Gasteiger partial charge in [-0.15, -0.1) is 0 Å². The minimum atomic E-state index is -0.849. The Morgan fingerprint density at radius 3 is 2.76 bits per heavy atom. The summed E-state index contributed by atoms with van der Waals surface area (Å²) < 4.78 is 2.61. The predicted octanol–water partition coefficient (Wildman–Crippen LogP) is 2.62. The van der Waals surface area contributed by atoms with Crippen LogP contribution in [-0.4, -0.2) is 32.4 Å². The molecule has 1 amide bonds. The van der Waals surface area contributed by atoms with E-state index < -0.39 is 6.09 Å². The van der Waals surface area contributed by atoms with E-state index in [9.17, 15) is 9.90 Å². The van der Waals surface area contributed by atoms with Crippen LogP contribution in [0.15, 0.2) is 10.7 Å². The van der Waals surface area contributed by atoms with Gasteiger partial charge in [-0.3, -0.25) is 4.90 Å². The highest BCUT2D eigenvalue weighted by molar-refractivity contribution is 9.10. The Hall–Kier alpha value is -1.04. The molecule has 1 atom stereocenters. The Kier molecular flexibility index (Phi) is 2.26. The van der Waals surface area contributed by atoms with Crippen molar-refractivity contribution in [2.75, 3.05) is 6.54 Å². The molecule has 2 heterocycles. The fourth-order valence-electron chi connectivity index (χ4n) is 3.03. The lowest BCUT2D eigenvalue weighted by atomic mass is 9.61. The lowest BCUT2D eigenvalue weighted by Gasteiger charge is -2.60. The maximum atomic E-state index is 11.2. The first-order valence-electron chi connectivity index (χ1n) is 5.75. The summed E-state index contributed by atoms with van der Waals surface area (Å²) in [6.07, 6.45) is 2.46. The van der Waals surface area contributed by atoms with E-state index in [4.69, 9.17) is 0 Å². The number of carbonyl (C=O) groups is 1. The Balaban J connectivity index is 1.97. The molecule has 2 aliphatic rings. The van der Waals surface area contributed by atoms with Crippen molar-refractivity contribution in [3.63, 3.8) is 0 Å². The van der Waals surface area contributed by atoms with Gasteiger partial charge in [0.25, 0.3) is 0 Å². The van der Waals surface area contributed by atoms with E-state index in [1.165, 1.54) is 11.3 Å². The van der Waals surface area contributed by atoms with Gasteiger partial charge in [0.15, 0.2) is 0 Å². The van der Waals surface area contributed by atoms with Gasteiger partial charge in [0.05, 0.1) is 0 Å². The molecule has 0 bridgehead atoms. The number of rotatable bonds is 1. The third kappa shape index (κ3) is 1.43. The van der Waals surface area contributed by atoms with E-state index in [1.807, 2.05) is 17.7 Å². The average Bonchev–Trinajstić information content (AvgIpc) is 2.40. The minimum Gasteiger partial charge on any atom is -0.465 e. The van der Waals surface area contributed by atoms with Gasteiger partial charge in [-0.1, -0.05) is 6.42 Å². The summed E-state index contributed by atoms with van der Waals surface area (Å²) in [6.45, 7) is 2.62. The van der Waals surface area contributed by atoms with Crippen LogP contribution >= 0.6 is 15.9 Å². The normalized spacial score (nSPS) is 25.5. The molecule has 0 radical (unpaired) electrons. The lowest BCUT2D eigenvalue weighted by Crippen LogP contribution is -2.65. The Labute approximate surface area is 108 Å². The van der Waals surface area contributed by atoms with Crippen LogP contribution in [0.25, 0.3) is 0 Å². The quantitative estimate of drug-likeness (QED) is 0.867. The fourth-order valence-corrected chi connectivity index (χ4v) is 3.54. The van der Waals surface area contributed by atoms with E-state index in [0.29, 0.717) is 6.54 Å². The van der Waals surface area contributed by atoms with Crippen molar-refractivity contribution >= 4 is 22.0 Å². The molecule has 1 spiro atoms. The van der Waals surface area contributed by atoms with Crippen molar-refractivity contribution in [3.8, 4) is 0 Å². The van der Waals surface area contributed by atoms with Gasteiger partial charge >= 0.3 is 6.09 Å². The van der Waals surface area contributed by atoms with Crippen LogP contribution in [0.5, 0.6) is 0 Å². The lowest BCUT2D eigenvalue weighted by molar-refractivity contribution is -0.150. The van der Waals surface area contributed by atoms with Crippen LogP contribution in [0.1, 0.15) is 31.1 Å². The molecule has 3 rings (SSSR count). The molecule has 1 unspecified atom stereocenters. The molecule has 5 nitrogen and oxygen atoms in total. The largest absolute Gasteiger partial charge is 0.465 e. The molecule has 6 heteroatoms. The Morgan fingerprint density at radius 1 is 1.65 bits per heavy atom. The standard InChI is InChI=1S/C11H14BrN3O2/c1-7-5-8(12)13-15(7)9-11(3-2-4-11)6-14(9)10(16)17/h5,9H,2-4,6H2,1H3,(H,16,17). The molecule has 1 aromatic heterocycles. The summed E-state index contributed by atoms with van der Waals surface area (Å²) in [5, 5.41) is 13.6. The van der Waals surface area contributed by atoms with Crippen molar-refractivity contribution in [3.05, 3.63) is 16.4 Å². The molecule has 1 saturated heterocycles. The number of aromatic nitrogens is 2. The molecular weight excluding hydrogens is 286 g/mol. The maximum absolute atomic E-state index is 11.2. The van der Waals surface area contributed by atoms with Crippen LogP contribution in [0.3, 0.4) is 0 Å². The van der Waals surface area contributed by atoms with Crippen molar-refractivity contribution in [2.24, 2.45) is 5.41 Å². The summed E-state index contributed by atoms with van der Waals surface area (Å²) in [7, 11) is 0. The number of nitrogens with zero attached hydrogens (tertiary/aromatic N) is 3. The van der Waals surface area contributed by atoms with Gasteiger partial charge < -0.3 is 5.11 Å². The minimum absolute atomic E-state index is 0.111. The second-order valence-electron chi connectivity index (χ2n) is 5.05. The summed E-state index contributed by atoms with van der Waals surface area (Å²) >= 11 is 3.34. The zero-order valence-corrected chi connectivity index (χ0v) is 11.1. The van der Waals surface area contributed by atoms with Crippen molar-refractivity contribution in [1.82, 2.24) is 14.7 Å². The van der Waals surface area contributed by atoms with Crippen LogP contribution in [0.4, 0.5) is 4.79 Å². The first kappa shape index (κ1) is 11.1. The number of amides is 1. The van der Waals surface area contributed by atoms with Gasteiger partial charge in [-0.2, -0.15) is 5.10 Å². The van der Waals surface area contributed by atoms with E-state index >= 15 is 0 Å². The van der Waals surface area contributed by atoms with Crippen LogP contribution in [0.2, 0.25) is 0 Å². The topological polar surface area (TPSA) is 58.4 Å². The second kappa shape index (κ2) is 3.48. The fraction of sp³-hybridized carbons (Fsp3) is 0.636. The van der Waals surface area contributed by atoms with E-state index in [-0.39, 0.29) is 11.6 Å². The molecule has 1 aliphatic carbocycles. The molecule has 1 saturated carbocycles. The van der Waals surface area contributed by atoms with E-state index in [2.05, 4.69) is 21.0 Å². The van der Waals surface area contributed by atoms with Gasteiger partial charge in [0.1, 0.15) is 10.8 Å². The van der Waals surface area contributed by atoms with Crippen molar-refractivity contribution < 1.29 is 9.90 Å². The molecule has 1 aromatic rings. The summed E-state index contributed by atoms with van der Waals surface area (Å²) in [6, 6.07) is 1.92. The third-order valence-corrected chi connectivity index (χ3v) is 4.44. The molecule has 1 N–H and O–H groups in total. The van der Waals surface area contributed by atoms with Gasteiger partial charge in [-0.05, 0) is 41.8 Å². The maximum Gasteiger partial charge on any atom is 0.409 e. The molecule has 2 fully saturated rings. The first-order chi connectivity index (χ1) is 8.03. The van der Waals surface area contributed by atoms with Crippen LogP contribution in [0, 0.1) is 12.3 Å². The highest BCUT2D eigenvalue weighted by Gasteiger charge is 2.59. The smallest absolute Gasteiger partial charge is 0.409 e. The zero-order valence-electron chi connectivity index (χ0n) is 9.56. The number of hydrogen-bond acceptors (Lipinski definition) is 2. The SMILES string of the molecule is Cc1cc(Br)nn1C1N(C(=O)O)CC12CCC2. The summed E-state index contributed by atoms with van der Waals surface area (Å²) in [4.78, 5) is 12.7. The van der Waals surface area contributed by atoms with Gasteiger partial charge in [-0.25, -0.2) is 9.48 Å². The van der Waals surface area contributed by atoms with Gasteiger partial charge in [0, 0.05) is 17.7 Å². The number of hydrogen-bond donors (Lipinski definition) is 1. The second-order valence-corrected chi connectivity index (χ2v) is 5.87. The monoisotopic (exact) mass is 299 g/mol. The average molecular weight is 300 g/mol. The van der Waals surface area contributed by atoms with Crippen molar-refractivity contribution in [2.45, 2.75) is 32.4 Å². The first-order valence-corrected chi connectivity index (χ1v) is 6.54. The van der Waals surface area contributed by atoms with Crippen LogP contribution < -0.4 is 0 Å². The third-order valence-electron chi connectivity index (χ3n) is 4.05. The number of likely N-dealkylation sites (tertiary alicyclic amines) is 1. The summed E-state index contributed by atoms with van der Waals surface area (Å²) in [5.41, 5.74) is 1.15. The summed E-state index contributed by atoms with van der Waals surface area (Å²) in [5.74, 6) is 0. The highest BCUT2D eigenvalue weighted by atomic mass is 79.9. The Bertz CT molecular complexity index is 481. The number of halogens is 1. The Morgan fingerprint density at radius 2 is 2.35 bits per heavy atom.